The molecule has 0 aromatic heterocycles. The molecule has 0 amide bonds. The predicted molar refractivity (Wildman–Crippen MR) is 55.5 cm³/mol. The van der Waals surface area contributed by atoms with Gasteiger partial charge in [0.1, 0.15) is 7.11 Å². The van der Waals surface area contributed by atoms with Crippen molar-refractivity contribution in [1.82, 2.24) is 4.90 Å². The fourth-order valence-corrected chi connectivity index (χ4v) is 2.47. The minimum absolute atomic E-state index is 0. The third kappa shape index (κ3) is 1.81. The molecule has 4 heteroatoms. The lowest BCUT2D eigenvalue weighted by atomic mass is 10.0. The van der Waals surface area contributed by atoms with Gasteiger partial charge in [-0.25, -0.2) is 0 Å². The van der Waals surface area contributed by atoms with Gasteiger partial charge in [0.15, 0.2) is 0 Å². The van der Waals surface area contributed by atoms with Crippen LogP contribution in [0, 0.1) is 0 Å². The highest BCUT2D eigenvalue weighted by atomic mass is 35.5. The molecule has 2 fully saturated rings. The SMILES string of the molecule is CON=C1CCC2CCC1N2C.Cl. The third-order valence-corrected chi connectivity index (χ3v) is 3.17. The van der Waals surface area contributed by atoms with Crippen molar-refractivity contribution in [3.63, 3.8) is 0 Å². The number of piperidine rings is 1. The Labute approximate surface area is 85.5 Å². The lowest BCUT2D eigenvalue weighted by molar-refractivity contribution is 0.196. The molecule has 3 nitrogen and oxygen atoms in total. The van der Waals surface area contributed by atoms with Crippen molar-refractivity contribution in [3.05, 3.63) is 0 Å². The first-order valence-electron chi connectivity index (χ1n) is 4.65. The minimum atomic E-state index is 0. The Morgan fingerprint density at radius 2 is 2.15 bits per heavy atom. The van der Waals surface area contributed by atoms with E-state index in [4.69, 9.17) is 4.84 Å². The number of halogens is 1. The molecular weight excluding hydrogens is 188 g/mol. The highest BCUT2D eigenvalue weighted by Gasteiger charge is 2.38. The molecule has 2 heterocycles. The standard InChI is InChI=1S/C9H16N2O.ClH/c1-11-7-3-5-8(10-12-2)9(11)6-4-7;/h7,9H,3-6H2,1-2H3;1H. The molecule has 2 rings (SSSR count). The largest absolute Gasteiger partial charge is 0.399 e. The average molecular weight is 205 g/mol. The number of rotatable bonds is 1. The molecule has 0 saturated carbocycles. The molecule has 2 bridgehead atoms. The van der Waals surface area contributed by atoms with Crippen LogP contribution in [0.4, 0.5) is 0 Å². The molecule has 13 heavy (non-hydrogen) atoms. The van der Waals surface area contributed by atoms with Gasteiger partial charge < -0.3 is 4.84 Å². The van der Waals surface area contributed by atoms with Crippen LogP contribution in [0.2, 0.25) is 0 Å². The smallest absolute Gasteiger partial charge is 0.106 e. The van der Waals surface area contributed by atoms with Crippen LogP contribution in [0.5, 0.6) is 0 Å². The fourth-order valence-electron chi connectivity index (χ4n) is 2.47. The number of nitrogens with zero attached hydrogens (tertiary/aromatic N) is 2. The Bertz CT molecular complexity index is 208. The molecule has 0 radical (unpaired) electrons. The van der Waals surface area contributed by atoms with Crippen LogP contribution < -0.4 is 0 Å². The summed E-state index contributed by atoms with van der Waals surface area (Å²) >= 11 is 0. The average Bonchev–Trinajstić information content (AvgIpc) is 2.33. The van der Waals surface area contributed by atoms with Crippen molar-refractivity contribution in [3.8, 4) is 0 Å². The van der Waals surface area contributed by atoms with E-state index in [-0.39, 0.29) is 12.4 Å². The van der Waals surface area contributed by atoms with E-state index in [0.717, 1.165) is 12.5 Å². The number of oxime groups is 1. The van der Waals surface area contributed by atoms with Crippen LogP contribution in [0.25, 0.3) is 0 Å². The molecule has 2 aliphatic heterocycles. The molecule has 76 valence electrons. The molecular formula is C9H17ClN2O. The van der Waals surface area contributed by atoms with Crippen LogP contribution in [0.1, 0.15) is 25.7 Å². The monoisotopic (exact) mass is 204 g/mol. The lowest BCUT2D eigenvalue weighted by Crippen LogP contribution is -2.42. The van der Waals surface area contributed by atoms with E-state index in [0.29, 0.717) is 6.04 Å². The Balaban J connectivity index is 0.000000845. The van der Waals surface area contributed by atoms with E-state index >= 15 is 0 Å². The highest BCUT2D eigenvalue weighted by molar-refractivity contribution is 5.90. The predicted octanol–water partition coefficient (Wildman–Crippen LogP) is 1.67. The molecule has 2 aliphatic rings. The van der Waals surface area contributed by atoms with Crippen molar-refractivity contribution >= 4 is 18.1 Å². The van der Waals surface area contributed by atoms with Gasteiger partial charge in [-0.05, 0) is 32.7 Å². The van der Waals surface area contributed by atoms with Gasteiger partial charge in [0.05, 0.1) is 11.8 Å². The summed E-state index contributed by atoms with van der Waals surface area (Å²) in [5, 5.41) is 4.09. The Kier molecular flexibility index (Phi) is 3.56. The maximum Gasteiger partial charge on any atom is 0.106 e. The molecule has 2 saturated heterocycles. The summed E-state index contributed by atoms with van der Waals surface area (Å²) in [5.74, 6) is 0. The normalized spacial score (nSPS) is 36.0. The molecule has 0 N–H and O–H groups in total. The van der Waals surface area contributed by atoms with E-state index in [1.165, 1.54) is 25.0 Å². The van der Waals surface area contributed by atoms with Crippen LogP contribution in [-0.4, -0.2) is 36.9 Å². The zero-order valence-electron chi connectivity index (χ0n) is 8.19. The van der Waals surface area contributed by atoms with Crippen molar-refractivity contribution in [2.45, 2.75) is 37.8 Å². The second kappa shape index (κ2) is 4.29. The highest BCUT2D eigenvalue weighted by Crippen LogP contribution is 2.32. The maximum atomic E-state index is 4.84. The number of hydrogen-bond donors (Lipinski definition) is 0. The van der Waals surface area contributed by atoms with Crippen LogP contribution in [0.15, 0.2) is 5.16 Å². The zero-order chi connectivity index (χ0) is 8.55. The minimum Gasteiger partial charge on any atom is -0.399 e. The maximum absolute atomic E-state index is 4.84. The van der Waals surface area contributed by atoms with Gasteiger partial charge in [0.2, 0.25) is 0 Å². The van der Waals surface area contributed by atoms with Gasteiger partial charge in [0.25, 0.3) is 0 Å². The lowest BCUT2D eigenvalue weighted by Gasteiger charge is -2.31. The molecule has 0 aromatic rings. The first-order valence-corrected chi connectivity index (χ1v) is 4.65. The van der Waals surface area contributed by atoms with Gasteiger partial charge in [0, 0.05) is 6.04 Å². The van der Waals surface area contributed by atoms with Crippen LogP contribution >= 0.6 is 12.4 Å². The van der Waals surface area contributed by atoms with Gasteiger partial charge in [-0.3, -0.25) is 4.90 Å². The van der Waals surface area contributed by atoms with Crippen molar-refractivity contribution in [2.24, 2.45) is 5.16 Å². The van der Waals surface area contributed by atoms with E-state index < -0.39 is 0 Å². The molecule has 0 aromatic carbocycles. The van der Waals surface area contributed by atoms with Crippen LogP contribution in [0.3, 0.4) is 0 Å². The second-order valence-corrected chi connectivity index (χ2v) is 3.72. The Morgan fingerprint density at radius 1 is 1.38 bits per heavy atom. The summed E-state index contributed by atoms with van der Waals surface area (Å²) in [5.41, 5.74) is 1.24. The topological polar surface area (TPSA) is 24.8 Å². The van der Waals surface area contributed by atoms with Gasteiger partial charge in [-0.1, -0.05) is 5.16 Å². The molecule has 0 spiro atoms. The summed E-state index contributed by atoms with van der Waals surface area (Å²) in [6, 6.07) is 1.38. The van der Waals surface area contributed by atoms with E-state index in [9.17, 15) is 0 Å². The van der Waals surface area contributed by atoms with E-state index in [2.05, 4.69) is 17.1 Å². The number of fused-ring (bicyclic) bond motifs is 2. The molecule has 2 atom stereocenters. The second-order valence-electron chi connectivity index (χ2n) is 3.72. The molecule has 2 unspecified atom stereocenters. The summed E-state index contributed by atoms with van der Waals surface area (Å²) in [6.07, 6.45) is 5.00. The van der Waals surface area contributed by atoms with Crippen molar-refractivity contribution in [2.75, 3.05) is 14.2 Å². The summed E-state index contributed by atoms with van der Waals surface area (Å²) in [4.78, 5) is 7.29. The number of hydrogen-bond acceptors (Lipinski definition) is 3. The fraction of sp³-hybridized carbons (Fsp3) is 0.889. The van der Waals surface area contributed by atoms with E-state index in [1.807, 2.05) is 0 Å². The van der Waals surface area contributed by atoms with Crippen molar-refractivity contribution < 1.29 is 4.84 Å². The van der Waals surface area contributed by atoms with Crippen LogP contribution in [-0.2, 0) is 4.84 Å². The van der Waals surface area contributed by atoms with Gasteiger partial charge >= 0.3 is 0 Å². The quantitative estimate of drug-likeness (QED) is 0.607. The summed E-state index contributed by atoms with van der Waals surface area (Å²) < 4.78 is 0. The third-order valence-electron chi connectivity index (χ3n) is 3.17. The first kappa shape index (κ1) is 10.8. The zero-order valence-corrected chi connectivity index (χ0v) is 9.01. The van der Waals surface area contributed by atoms with E-state index in [1.54, 1.807) is 7.11 Å². The van der Waals surface area contributed by atoms with Crippen molar-refractivity contribution in [1.29, 1.82) is 0 Å². The Morgan fingerprint density at radius 3 is 2.85 bits per heavy atom. The van der Waals surface area contributed by atoms with Gasteiger partial charge in [-0.2, -0.15) is 0 Å². The molecule has 0 aliphatic carbocycles. The summed E-state index contributed by atoms with van der Waals surface area (Å²) in [6.45, 7) is 0. The summed E-state index contributed by atoms with van der Waals surface area (Å²) in [7, 11) is 3.83. The Hall–Kier alpha value is -0.280. The first-order chi connectivity index (χ1) is 5.83. The van der Waals surface area contributed by atoms with Gasteiger partial charge in [-0.15, -0.1) is 12.4 Å².